The fraction of sp³-hybridized carbons (Fsp3) is 0.357. The van der Waals surface area contributed by atoms with Gasteiger partial charge in [-0.1, -0.05) is 86.9 Å². The molecule has 0 N–H and O–H groups in total. The summed E-state index contributed by atoms with van der Waals surface area (Å²) in [7, 11) is 0. The van der Waals surface area contributed by atoms with Crippen LogP contribution in [0.15, 0.2) is 0 Å². The highest BCUT2D eigenvalue weighted by molar-refractivity contribution is 5.75. The lowest BCUT2D eigenvalue weighted by Gasteiger charge is -2.11. The van der Waals surface area contributed by atoms with Crippen LogP contribution < -0.4 is 0 Å². The lowest BCUT2D eigenvalue weighted by molar-refractivity contribution is 0.737. The van der Waals surface area contributed by atoms with E-state index in [1.165, 1.54) is 0 Å². The van der Waals surface area contributed by atoms with Gasteiger partial charge in [-0.15, -0.1) is 25.7 Å². The van der Waals surface area contributed by atoms with E-state index in [4.69, 9.17) is 25.7 Å². The summed E-state index contributed by atoms with van der Waals surface area (Å²) in [6.07, 6.45) is 31.3. The summed E-state index contributed by atoms with van der Waals surface area (Å²) in [5.41, 5.74) is 3.18. The third kappa shape index (κ3) is 5.80. The second-order valence-electron chi connectivity index (χ2n) is 6.35. The largest absolute Gasteiger partial charge is 0.115 e. The van der Waals surface area contributed by atoms with Crippen molar-refractivity contribution in [2.75, 3.05) is 0 Å². The van der Waals surface area contributed by atoms with E-state index in [0.29, 0.717) is 33.4 Å². The normalized spacial score (nSPS) is 8.79. The fourth-order valence-electron chi connectivity index (χ4n) is 2.81. The molecular weight excluding hydrogens is 336 g/mol. The monoisotopic (exact) mass is 362 g/mol. The molecule has 0 fully saturated rings. The topological polar surface area (TPSA) is 0 Å². The first kappa shape index (κ1) is 22.6. The highest BCUT2D eigenvalue weighted by atomic mass is 14.2. The number of hydrogen-bond acceptors (Lipinski definition) is 0. The van der Waals surface area contributed by atoms with Crippen LogP contribution in [0.4, 0.5) is 0 Å². The average molecular weight is 363 g/mol. The van der Waals surface area contributed by atoms with Crippen molar-refractivity contribution >= 4 is 0 Å². The molecule has 0 spiro atoms. The van der Waals surface area contributed by atoms with Gasteiger partial charge in [0.05, 0.1) is 33.4 Å². The third-order valence-corrected chi connectivity index (χ3v) is 4.31. The molecule has 138 valence electrons. The van der Waals surface area contributed by atoms with Gasteiger partial charge in [0.15, 0.2) is 0 Å². The van der Waals surface area contributed by atoms with Gasteiger partial charge in [-0.05, 0) is 12.8 Å². The Balaban J connectivity index is 3.58. The third-order valence-electron chi connectivity index (χ3n) is 4.31. The molecule has 0 bridgehead atoms. The smallest absolute Gasteiger partial charge is 0.0584 e. The van der Waals surface area contributed by atoms with Crippen molar-refractivity contribution in [1.82, 2.24) is 0 Å². The second kappa shape index (κ2) is 12.9. The lowest BCUT2D eigenvalue weighted by Crippen LogP contribution is -2.04. The molecule has 0 aliphatic rings. The van der Waals surface area contributed by atoms with Gasteiger partial charge < -0.3 is 0 Å². The van der Waals surface area contributed by atoms with Crippen molar-refractivity contribution in [3.05, 3.63) is 33.4 Å². The van der Waals surface area contributed by atoms with Gasteiger partial charge >= 0.3 is 0 Å². The minimum Gasteiger partial charge on any atom is -0.115 e. The number of benzene rings is 1. The number of hydrogen-bond donors (Lipinski definition) is 0. The van der Waals surface area contributed by atoms with Gasteiger partial charge in [0.25, 0.3) is 0 Å². The Morgan fingerprint density at radius 3 is 1.07 bits per heavy atom. The predicted octanol–water partition coefficient (Wildman–Crippen LogP) is 5.48. The number of rotatable bonds is 6. The summed E-state index contributed by atoms with van der Waals surface area (Å²) >= 11 is 0. The Morgan fingerprint density at radius 2 is 0.821 bits per heavy atom. The van der Waals surface area contributed by atoms with Crippen LogP contribution in [0.2, 0.25) is 0 Å². The Kier molecular flexibility index (Phi) is 10.4. The van der Waals surface area contributed by atoms with Crippen molar-refractivity contribution in [3.63, 3.8) is 0 Å². The van der Waals surface area contributed by atoms with E-state index < -0.39 is 0 Å². The minimum atomic E-state index is 0.510. The van der Waals surface area contributed by atoms with Crippen LogP contribution in [0.25, 0.3) is 0 Å². The predicted molar refractivity (Wildman–Crippen MR) is 120 cm³/mol. The molecule has 0 atom stereocenters. The highest BCUT2D eigenvalue weighted by Crippen LogP contribution is 2.26. The summed E-state index contributed by atoms with van der Waals surface area (Å²) in [6, 6.07) is 0. The van der Waals surface area contributed by atoms with E-state index in [9.17, 15) is 0 Å². The van der Waals surface area contributed by atoms with Crippen molar-refractivity contribution < 1.29 is 0 Å². The van der Waals surface area contributed by atoms with Gasteiger partial charge in [-0.2, -0.15) is 0 Å². The van der Waals surface area contributed by atoms with Crippen LogP contribution in [0.5, 0.6) is 0 Å². The maximum absolute atomic E-state index is 5.78. The second-order valence-corrected chi connectivity index (χ2v) is 6.35. The molecule has 0 saturated heterocycles. The van der Waals surface area contributed by atoms with Gasteiger partial charge in [-0.3, -0.25) is 0 Å². The number of unbranched alkanes of at least 4 members (excludes halogenated alkanes) is 6. The van der Waals surface area contributed by atoms with E-state index in [-0.39, 0.29) is 0 Å². The quantitative estimate of drug-likeness (QED) is 0.465. The first-order valence-electron chi connectivity index (χ1n) is 9.78. The molecule has 0 radical (unpaired) electrons. The van der Waals surface area contributed by atoms with Crippen molar-refractivity contribution in [3.8, 4) is 73.1 Å². The zero-order valence-corrected chi connectivity index (χ0v) is 17.0. The molecule has 28 heavy (non-hydrogen) atoms. The van der Waals surface area contributed by atoms with Crippen LogP contribution in [0.1, 0.15) is 98.6 Å². The fourth-order valence-corrected chi connectivity index (χ4v) is 2.81. The van der Waals surface area contributed by atoms with E-state index in [1.54, 1.807) is 0 Å². The summed E-state index contributed by atoms with van der Waals surface area (Å²) in [5, 5.41) is 0. The standard InChI is InChI=1S/C28H26/c1-7-13-15-17-19-21-27-23(9-3)25(11-5)28(22-20-18-16-14-8-2)26(12-6)24(27)10-4/h3-6H,7-8,13-18H2,1-2H3. The van der Waals surface area contributed by atoms with Gasteiger partial charge in [0.2, 0.25) is 0 Å². The molecule has 1 aromatic carbocycles. The van der Waals surface area contributed by atoms with Crippen LogP contribution in [-0.4, -0.2) is 0 Å². The van der Waals surface area contributed by atoms with Gasteiger partial charge in [0.1, 0.15) is 0 Å². The summed E-state index contributed by atoms with van der Waals surface area (Å²) in [4.78, 5) is 0. The molecule has 0 nitrogen and oxygen atoms in total. The van der Waals surface area contributed by atoms with Gasteiger partial charge in [-0.25, -0.2) is 0 Å². The van der Waals surface area contributed by atoms with E-state index in [0.717, 1.165) is 51.4 Å². The SMILES string of the molecule is C#Cc1c(C#C)c(C#CCCCCC)c(C#C)c(C#C)c1C#CCCCCC. The highest BCUT2D eigenvalue weighted by Gasteiger charge is 2.18. The molecule has 0 aliphatic heterocycles. The molecule has 0 amide bonds. The molecular formula is C28H26. The van der Waals surface area contributed by atoms with Crippen LogP contribution in [0, 0.1) is 73.1 Å². The van der Waals surface area contributed by atoms with Gasteiger partial charge in [0, 0.05) is 12.8 Å². The summed E-state index contributed by atoms with van der Waals surface area (Å²) in [6.45, 7) is 4.31. The van der Waals surface area contributed by atoms with Crippen LogP contribution >= 0.6 is 0 Å². The molecule has 0 saturated carbocycles. The van der Waals surface area contributed by atoms with Crippen molar-refractivity contribution in [2.24, 2.45) is 0 Å². The molecule has 0 heterocycles. The van der Waals surface area contributed by atoms with E-state index in [1.807, 2.05) is 0 Å². The Hall–Kier alpha value is -3.42. The van der Waals surface area contributed by atoms with E-state index >= 15 is 0 Å². The molecule has 1 aromatic rings. The lowest BCUT2D eigenvalue weighted by atomic mass is 9.87. The zero-order valence-electron chi connectivity index (χ0n) is 17.0. The molecule has 1 rings (SSSR count). The average Bonchev–Trinajstić information content (AvgIpc) is 2.72. The van der Waals surface area contributed by atoms with Crippen LogP contribution in [-0.2, 0) is 0 Å². The molecule has 0 aromatic heterocycles. The Morgan fingerprint density at radius 1 is 0.500 bits per heavy atom. The van der Waals surface area contributed by atoms with Crippen LogP contribution in [0.3, 0.4) is 0 Å². The Bertz CT molecular complexity index is 844. The number of terminal acetylenes is 4. The first-order chi connectivity index (χ1) is 13.7. The molecule has 0 aliphatic carbocycles. The summed E-state index contributed by atoms with van der Waals surface area (Å²) in [5.74, 6) is 23.2. The first-order valence-corrected chi connectivity index (χ1v) is 9.78. The van der Waals surface area contributed by atoms with Crippen molar-refractivity contribution in [1.29, 1.82) is 0 Å². The maximum atomic E-state index is 5.78. The maximum Gasteiger partial charge on any atom is 0.0584 e. The molecule has 0 unspecified atom stereocenters. The van der Waals surface area contributed by atoms with Crippen molar-refractivity contribution in [2.45, 2.75) is 65.2 Å². The minimum absolute atomic E-state index is 0.510. The summed E-state index contributed by atoms with van der Waals surface area (Å²) < 4.78 is 0. The zero-order chi connectivity index (χ0) is 20.8. The molecule has 0 heteroatoms. The van der Waals surface area contributed by atoms with E-state index in [2.05, 4.69) is 61.2 Å². The Labute approximate surface area is 171 Å².